The lowest BCUT2D eigenvalue weighted by Gasteiger charge is -2.27. The maximum absolute atomic E-state index is 11.1. The van der Waals surface area contributed by atoms with E-state index >= 15 is 0 Å². The van der Waals surface area contributed by atoms with Crippen LogP contribution < -0.4 is 11.5 Å². The molecule has 0 saturated carbocycles. The van der Waals surface area contributed by atoms with E-state index in [0.29, 0.717) is 31.3 Å². The van der Waals surface area contributed by atoms with Crippen LogP contribution in [0, 0.1) is 0 Å². The third-order valence-electron chi connectivity index (χ3n) is 2.97. The molecule has 7 heteroatoms. The zero-order valence-electron chi connectivity index (χ0n) is 11.1. The number of guanidine groups is 1. The summed E-state index contributed by atoms with van der Waals surface area (Å²) >= 11 is 0. The van der Waals surface area contributed by atoms with Crippen LogP contribution in [0.4, 0.5) is 0 Å². The van der Waals surface area contributed by atoms with Gasteiger partial charge in [0, 0.05) is 18.7 Å². The maximum atomic E-state index is 11.1. The normalized spacial score (nSPS) is 15.6. The average molecular weight is 390 g/mol. The highest BCUT2D eigenvalue weighted by molar-refractivity contribution is 14.0. The lowest BCUT2D eigenvalue weighted by Crippen LogP contribution is -2.44. The highest BCUT2D eigenvalue weighted by Crippen LogP contribution is 2.06. The van der Waals surface area contributed by atoms with Gasteiger partial charge in [-0.05, 0) is 17.7 Å². The van der Waals surface area contributed by atoms with E-state index in [2.05, 4.69) is 4.99 Å². The Labute approximate surface area is 135 Å². The van der Waals surface area contributed by atoms with E-state index in [1.807, 2.05) is 11.0 Å². The van der Waals surface area contributed by atoms with E-state index in [4.69, 9.17) is 16.2 Å². The predicted octanol–water partition coefficient (Wildman–Crippen LogP) is 0.550. The second-order valence-electron chi connectivity index (χ2n) is 4.34. The zero-order chi connectivity index (χ0) is 13.7. The molecule has 110 valence electrons. The quantitative estimate of drug-likeness (QED) is 0.448. The van der Waals surface area contributed by atoms with E-state index in [0.717, 1.165) is 18.7 Å². The van der Waals surface area contributed by atoms with Gasteiger partial charge in [-0.1, -0.05) is 12.1 Å². The van der Waals surface area contributed by atoms with Crippen molar-refractivity contribution in [2.75, 3.05) is 26.3 Å². The largest absolute Gasteiger partial charge is 0.378 e. The number of benzene rings is 1. The van der Waals surface area contributed by atoms with Crippen molar-refractivity contribution in [3.8, 4) is 0 Å². The topological polar surface area (TPSA) is 93.9 Å². The summed E-state index contributed by atoms with van der Waals surface area (Å²) < 4.78 is 5.25. The Morgan fingerprint density at radius 2 is 2.00 bits per heavy atom. The summed E-state index contributed by atoms with van der Waals surface area (Å²) in [6.45, 7) is 3.30. The molecule has 1 amide bonds. The van der Waals surface area contributed by atoms with Crippen LogP contribution in [0.15, 0.2) is 29.3 Å². The molecule has 0 aliphatic carbocycles. The van der Waals surface area contributed by atoms with Gasteiger partial charge in [0.25, 0.3) is 0 Å². The van der Waals surface area contributed by atoms with Crippen LogP contribution >= 0.6 is 24.0 Å². The number of hydrogen-bond donors (Lipinski definition) is 2. The first-order chi connectivity index (χ1) is 9.16. The summed E-state index contributed by atoms with van der Waals surface area (Å²) in [5.41, 5.74) is 12.6. The summed E-state index contributed by atoms with van der Waals surface area (Å²) in [7, 11) is 0. The molecule has 4 N–H and O–H groups in total. The molecular weight excluding hydrogens is 371 g/mol. The van der Waals surface area contributed by atoms with Crippen molar-refractivity contribution in [2.24, 2.45) is 16.5 Å². The van der Waals surface area contributed by atoms with Gasteiger partial charge in [0.15, 0.2) is 5.96 Å². The van der Waals surface area contributed by atoms with Crippen molar-refractivity contribution in [3.63, 3.8) is 0 Å². The van der Waals surface area contributed by atoms with Crippen LogP contribution in [-0.2, 0) is 11.3 Å². The standard InChI is InChI=1S/C13H18N4O2.HI/c14-12(18)11-3-1-2-10(8-11)9-16-13(15)17-4-6-19-7-5-17;/h1-3,8H,4-7,9H2,(H2,14,18)(H2,15,16);1H. The van der Waals surface area contributed by atoms with Gasteiger partial charge < -0.3 is 21.1 Å². The highest BCUT2D eigenvalue weighted by Gasteiger charge is 2.11. The Morgan fingerprint density at radius 1 is 1.30 bits per heavy atom. The molecule has 0 radical (unpaired) electrons. The molecule has 1 aromatic carbocycles. The number of nitrogens with zero attached hydrogens (tertiary/aromatic N) is 2. The average Bonchev–Trinajstić information content (AvgIpc) is 2.46. The number of rotatable bonds is 3. The lowest BCUT2D eigenvalue weighted by molar-refractivity contribution is 0.0674. The van der Waals surface area contributed by atoms with Crippen molar-refractivity contribution in [2.45, 2.75) is 6.54 Å². The molecule has 1 aliphatic heterocycles. The van der Waals surface area contributed by atoms with E-state index in [1.54, 1.807) is 18.2 Å². The van der Waals surface area contributed by atoms with Crippen LogP contribution in [0.2, 0.25) is 0 Å². The minimum Gasteiger partial charge on any atom is -0.378 e. The van der Waals surface area contributed by atoms with Crippen LogP contribution in [0.1, 0.15) is 15.9 Å². The Bertz CT molecular complexity index is 487. The third-order valence-corrected chi connectivity index (χ3v) is 2.97. The number of carbonyl (C=O) groups is 1. The number of ether oxygens (including phenoxy) is 1. The second kappa shape index (κ2) is 8.05. The molecule has 0 spiro atoms. The fourth-order valence-corrected chi connectivity index (χ4v) is 1.89. The Hall–Kier alpha value is -1.35. The number of carbonyl (C=O) groups excluding carboxylic acids is 1. The van der Waals surface area contributed by atoms with Crippen molar-refractivity contribution in [1.29, 1.82) is 0 Å². The number of primary amides is 1. The number of halogens is 1. The number of aliphatic imine (C=N–C) groups is 1. The molecule has 2 rings (SSSR count). The first kappa shape index (κ1) is 16.7. The smallest absolute Gasteiger partial charge is 0.248 e. The first-order valence-electron chi connectivity index (χ1n) is 6.18. The summed E-state index contributed by atoms with van der Waals surface area (Å²) in [5.74, 6) is 0.0692. The van der Waals surface area contributed by atoms with Crippen molar-refractivity contribution >= 4 is 35.8 Å². The number of hydrogen-bond acceptors (Lipinski definition) is 3. The summed E-state index contributed by atoms with van der Waals surface area (Å²) in [6.07, 6.45) is 0. The lowest BCUT2D eigenvalue weighted by atomic mass is 10.1. The summed E-state index contributed by atoms with van der Waals surface area (Å²) in [5, 5.41) is 0. The maximum Gasteiger partial charge on any atom is 0.248 e. The van der Waals surface area contributed by atoms with E-state index < -0.39 is 5.91 Å². The molecule has 1 heterocycles. The first-order valence-corrected chi connectivity index (χ1v) is 6.18. The molecule has 1 fully saturated rings. The van der Waals surface area contributed by atoms with Gasteiger partial charge in [-0.15, -0.1) is 24.0 Å². The predicted molar refractivity (Wildman–Crippen MR) is 88.1 cm³/mol. The number of amides is 1. The van der Waals surface area contributed by atoms with E-state index in [-0.39, 0.29) is 24.0 Å². The fourth-order valence-electron chi connectivity index (χ4n) is 1.89. The Morgan fingerprint density at radius 3 is 2.65 bits per heavy atom. The van der Waals surface area contributed by atoms with Crippen LogP contribution in [0.3, 0.4) is 0 Å². The van der Waals surface area contributed by atoms with Gasteiger partial charge in [-0.25, -0.2) is 4.99 Å². The molecule has 0 aromatic heterocycles. The number of morpholine rings is 1. The second-order valence-corrected chi connectivity index (χ2v) is 4.34. The molecule has 1 aromatic rings. The fraction of sp³-hybridized carbons (Fsp3) is 0.385. The van der Waals surface area contributed by atoms with Gasteiger partial charge in [0.1, 0.15) is 0 Å². The highest BCUT2D eigenvalue weighted by atomic mass is 127. The third kappa shape index (κ3) is 4.64. The molecule has 1 saturated heterocycles. The SMILES string of the molecule is I.NC(=O)c1cccc(CN=C(N)N2CCOCC2)c1. The Balaban J connectivity index is 0.00000200. The van der Waals surface area contributed by atoms with E-state index in [9.17, 15) is 4.79 Å². The molecule has 0 atom stereocenters. The molecule has 1 aliphatic rings. The van der Waals surface area contributed by atoms with Crippen LogP contribution in [0.25, 0.3) is 0 Å². The van der Waals surface area contributed by atoms with Gasteiger partial charge in [-0.2, -0.15) is 0 Å². The molecule has 0 unspecified atom stereocenters. The van der Waals surface area contributed by atoms with Crippen LogP contribution in [0.5, 0.6) is 0 Å². The molecule has 6 nitrogen and oxygen atoms in total. The van der Waals surface area contributed by atoms with Crippen LogP contribution in [-0.4, -0.2) is 43.1 Å². The minimum atomic E-state index is -0.438. The molecule has 20 heavy (non-hydrogen) atoms. The van der Waals surface area contributed by atoms with Crippen molar-refractivity contribution in [1.82, 2.24) is 4.90 Å². The monoisotopic (exact) mass is 390 g/mol. The van der Waals surface area contributed by atoms with Gasteiger partial charge in [0.2, 0.25) is 5.91 Å². The number of nitrogens with two attached hydrogens (primary N) is 2. The Kier molecular flexibility index (Phi) is 6.73. The van der Waals surface area contributed by atoms with Crippen molar-refractivity contribution in [3.05, 3.63) is 35.4 Å². The molecule has 0 bridgehead atoms. The summed E-state index contributed by atoms with van der Waals surface area (Å²) in [4.78, 5) is 17.4. The molecular formula is C13H19IN4O2. The zero-order valence-corrected chi connectivity index (χ0v) is 13.4. The minimum absolute atomic E-state index is 0. The van der Waals surface area contributed by atoms with E-state index in [1.165, 1.54) is 0 Å². The van der Waals surface area contributed by atoms with Gasteiger partial charge >= 0.3 is 0 Å². The van der Waals surface area contributed by atoms with Gasteiger partial charge in [0.05, 0.1) is 19.8 Å². The van der Waals surface area contributed by atoms with Gasteiger partial charge in [-0.3, -0.25) is 4.79 Å². The summed E-state index contributed by atoms with van der Waals surface area (Å²) in [6, 6.07) is 7.09. The van der Waals surface area contributed by atoms with Crippen molar-refractivity contribution < 1.29 is 9.53 Å².